The molecule has 112 valence electrons. The summed E-state index contributed by atoms with van der Waals surface area (Å²) in [6.07, 6.45) is 0. The standard InChI is InChI=1S/C13H13BrN2O5/c14-8-3-1-7(2-4-8)11(17)16-6-5-15-9(12(18)19)10(16)13(20)21/h1-4,9-10,15H,5-6H2,(H,18,19)(H,20,21)/t9-,10+/m0/s1. The lowest BCUT2D eigenvalue weighted by atomic mass is 10.0. The lowest BCUT2D eigenvalue weighted by Crippen LogP contribution is -2.65. The Morgan fingerprint density at radius 2 is 1.76 bits per heavy atom. The van der Waals surface area contributed by atoms with Gasteiger partial charge in [-0.15, -0.1) is 0 Å². The van der Waals surface area contributed by atoms with E-state index in [0.717, 1.165) is 9.37 Å². The van der Waals surface area contributed by atoms with Crippen LogP contribution in [0.15, 0.2) is 28.7 Å². The topological polar surface area (TPSA) is 107 Å². The number of hydrogen-bond donors (Lipinski definition) is 3. The lowest BCUT2D eigenvalue weighted by Gasteiger charge is -2.37. The summed E-state index contributed by atoms with van der Waals surface area (Å²) in [6, 6.07) is 3.69. The molecule has 0 aromatic heterocycles. The van der Waals surface area contributed by atoms with Crippen LogP contribution in [-0.4, -0.2) is 58.1 Å². The summed E-state index contributed by atoms with van der Waals surface area (Å²) in [5, 5.41) is 21.0. The second-order valence-corrected chi connectivity index (χ2v) is 5.47. The summed E-state index contributed by atoms with van der Waals surface area (Å²) in [7, 11) is 0. The second-order valence-electron chi connectivity index (χ2n) is 4.56. The van der Waals surface area contributed by atoms with Crippen molar-refractivity contribution in [3.8, 4) is 0 Å². The largest absolute Gasteiger partial charge is 0.480 e. The minimum atomic E-state index is -1.44. The first kappa shape index (κ1) is 15.5. The third-order valence-electron chi connectivity index (χ3n) is 3.24. The van der Waals surface area contributed by atoms with Crippen molar-refractivity contribution in [1.82, 2.24) is 10.2 Å². The van der Waals surface area contributed by atoms with Gasteiger partial charge in [-0.1, -0.05) is 15.9 Å². The average molecular weight is 357 g/mol. The van der Waals surface area contributed by atoms with E-state index in [1.165, 1.54) is 0 Å². The number of piperazine rings is 1. The molecule has 1 aromatic rings. The fraction of sp³-hybridized carbons (Fsp3) is 0.308. The van der Waals surface area contributed by atoms with Crippen molar-refractivity contribution in [2.24, 2.45) is 0 Å². The number of carboxylic acids is 2. The maximum atomic E-state index is 12.4. The summed E-state index contributed by atoms with van der Waals surface area (Å²) in [5.41, 5.74) is 0.315. The van der Waals surface area contributed by atoms with Crippen LogP contribution >= 0.6 is 15.9 Å². The van der Waals surface area contributed by atoms with Crippen molar-refractivity contribution in [3.05, 3.63) is 34.3 Å². The van der Waals surface area contributed by atoms with Crippen LogP contribution < -0.4 is 5.32 Å². The third-order valence-corrected chi connectivity index (χ3v) is 3.77. The van der Waals surface area contributed by atoms with Crippen LogP contribution in [-0.2, 0) is 9.59 Å². The summed E-state index contributed by atoms with van der Waals surface area (Å²) in [4.78, 5) is 36.0. The molecular weight excluding hydrogens is 344 g/mol. The number of benzene rings is 1. The predicted octanol–water partition coefficient (Wildman–Crippen LogP) is 0.401. The van der Waals surface area contributed by atoms with Gasteiger partial charge in [-0.25, -0.2) is 4.79 Å². The van der Waals surface area contributed by atoms with Crippen LogP contribution in [0.25, 0.3) is 0 Å². The number of hydrogen-bond acceptors (Lipinski definition) is 4. The van der Waals surface area contributed by atoms with E-state index in [1.807, 2.05) is 0 Å². The fourth-order valence-electron chi connectivity index (χ4n) is 2.26. The molecule has 0 spiro atoms. The van der Waals surface area contributed by atoms with Gasteiger partial charge < -0.3 is 20.4 Å². The monoisotopic (exact) mass is 356 g/mol. The molecule has 1 aliphatic heterocycles. The first-order valence-corrected chi connectivity index (χ1v) is 6.96. The van der Waals surface area contributed by atoms with Crippen LogP contribution in [0.4, 0.5) is 0 Å². The van der Waals surface area contributed by atoms with Crippen molar-refractivity contribution in [3.63, 3.8) is 0 Å². The van der Waals surface area contributed by atoms with E-state index >= 15 is 0 Å². The van der Waals surface area contributed by atoms with Gasteiger partial charge in [0.25, 0.3) is 5.91 Å². The summed E-state index contributed by atoms with van der Waals surface area (Å²) >= 11 is 3.25. The highest BCUT2D eigenvalue weighted by atomic mass is 79.9. The zero-order chi connectivity index (χ0) is 15.6. The lowest BCUT2D eigenvalue weighted by molar-refractivity contribution is -0.152. The molecule has 1 heterocycles. The zero-order valence-electron chi connectivity index (χ0n) is 10.8. The first-order chi connectivity index (χ1) is 9.91. The summed E-state index contributed by atoms with van der Waals surface area (Å²) in [6.45, 7) is 0.360. The van der Waals surface area contributed by atoms with E-state index in [1.54, 1.807) is 24.3 Å². The van der Waals surface area contributed by atoms with Crippen LogP contribution in [0.2, 0.25) is 0 Å². The zero-order valence-corrected chi connectivity index (χ0v) is 12.4. The maximum absolute atomic E-state index is 12.4. The molecule has 21 heavy (non-hydrogen) atoms. The Morgan fingerprint density at radius 1 is 1.14 bits per heavy atom. The van der Waals surface area contributed by atoms with Crippen molar-refractivity contribution >= 4 is 33.8 Å². The molecule has 7 nitrogen and oxygen atoms in total. The molecule has 0 bridgehead atoms. The van der Waals surface area contributed by atoms with Gasteiger partial charge in [0, 0.05) is 23.1 Å². The molecule has 1 amide bonds. The average Bonchev–Trinajstić information content (AvgIpc) is 2.46. The van der Waals surface area contributed by atoms with E-state index in [4.69, 9.17) is 5.11 Å². The molecule has 0 unspecified atom stereocenters. The van der Waals surface area contributed by atoms with Gasteiger partial charge in [-0.05, 0) is 24.3 Å². The highest BCUT2D eigenvalue weighted by molar-refractivity contribution is 9.10. The maximum Gasteiger partial charge on any atom is 0.328 e. The van der Waals surface area contributed by atoms with Gasteiger partial charge in [0.2, 0.25) is 0 Å². The molecular formula is C13H13BrN2O5. The van der Waals surface area contributed by atoms with Crippen LogP contribution in [0, 0.1) is 0 Å². The third kappa shape index (κ3) is 3.22. The number of carbonyl (C=O) groups excluding carboxylic acids is 1. The molecule has 1 aliphatic rings. The second kappa shape index (κ2) is 6.23. The molecule has 3 N–H and O–H groups in total. The van der Waals surface area contributed by atoms with Gasteiger partial charge in [0.1, 0.15) is 6.04 Å². The number of nitrogens with zero attached hydrogens (tertiary/aromatic N) is 1. The number of carboxylic acid groups (broad SMARTS) is 2. The van der Waals surface area contributed by atoms with Gasteiger partial charge in [-0.2, -0.15) is 0 Å². The van der Waals surface area contributed by atoms with Crippen molar-refractivity contribution in [2.45, 2.75) is 12.1 Å². The van der Waals surface area contributed by atoms with E-state index in [9.17, 15) is 19.5 Å². The van der Waals surface area contributed by atoms with E-state index in [2.05, 4.69) is 21.2 Å². The Labute approximate surface area is 128 Å². The number of aliphatic carboxylic acids is 2. The van der Waals surface area contributed by atoms with Crippen LogP contribution in [0.3, 0.4) is 0 Å². The molecule has 2 rings (SSSR count). The Hall–Kier alpha value is -1.93. The Bertz CT molecular complexity index is 574. The Balaban J connectivity index is 2.31. The molecule has 8 heteroatoms. The fourth-order valence-corrected chi connectivity index (χ4v) is 2.52. The molecule has 0 aliphatic carbocycles. The molecule has 1 aromatic carbocycles. The molecule has 1 fully saturated rings. The number of nitrogens with one attached hydrogen (secondary N) is 1. The van der Waals surface area contributed by atoms with Crippen LogP contribution in [0.1, 0.15) is 10.4 Å². The Kier molecular flexibility index (Phi) is 4.59. The molecule has 1 saturated heterocycles. The summed E-state index contributed by atoms with van der Waals surface area (Å²) in [5.74, 6) is -3.14. The predicted molar refractivity (Wildman–Crippen MR) is 76.0 cm³/mol. The molecule has 0 radical (unpaired) electrons. The quantitative estimate of drug-likeness (QED) is 0.723. The first-order valence-electron chi connectivity index (χ1n) is 6.17. The van der Waals surface area contributed by atoms with E-state index in [0.29, 0.717) is 5.56 Å². The normalized spacial score (nSPS) is 21.9. The minimum Gasteiger partial charge on any atom is -0.480 e. The smallest absolute Gasteiger partial charge is 0.328 e. The number of rotatable bonds is 3. The summed E-state index contributed by atoms with van der Waals surface area (Å²) < 4.78 is 0.789. The number of amides is 1. The van der Waals surface area contributed by atoms with Crippen molar-refractivity contribution in [1.29, 1.82) is 0 Å². The van der Waals surface area contributed by atoms with Gasteiger partial charge >= 0.3 is 11.9 Å². The number of carbonyl (C=O) groups is 3. The highest BCUT2D eigenvalue weighted by Gasteiger charge is 2.43. The highest BCUT2D eigenvalue weighted by Crippen LogP contribution is 2.17. The SMILES string of the molecule is O=C(O)[C@H]1NCCN(C(=O)c2ccc(Br)cc2)[C@H]1C(=O)O. The van der Waals surface area contributed by atoms with Crippen molar-refractivity contribution < 1.29 is 24.6 Å². The van der Waals surface area contributed by atoms with Gasteiger partial charge in [0.15, 0.2) is 6.04 Å². The number of halogens is 1. The molecule has 0 saturated carbocycles. The minimum absolute atomic E-state index is 0.135. The van der Waals surface area contributed by atoms with Crippen LogP contribution in [0.5, 0.6) is 0 Å². The molecule has 2 atom stereocenters. The van der Waals surface area contributed by atoms with Crippen molar-refractivity contribution in [2.75, 3.05) is 13.1 Å². The Morgan fingerprint density at radius 3 is 2.29 bits per heavy atom. The van der Waals surface area contributed by atoms with E-state index < -0.39 is 29.9 Å². The van der Waals surface area contributed by atoms with Gasteiger partial charge in [-0.3, -0.25) is 9.59 Å². The van der Waals surface area contributed by atoms with E-state index in [-0.39, 0.29) is 13.1 Å². The van der Waals surface area contributed by atoms with Gasteiger partial charge in [0.05, 0.1) is 0 Å².